The number of anilines is 1. The summed E-state index contributed by atoms with van der Waals surface area (Å²) in [5, 5.41) is 13.7. The van der Waals surface area contributed by atoms with Crippen LogP contribution in [0.3, 0.4) is 0 Å². The molecule has 0 aromatic heterocycles. The first-order valence-electron chi connectivity index (χ1n) is 10.6. The van der Waals surface area contributed by atoms with Crippen molar-refractivity contribution in [2.24, 2.45) is 11.8 Å². The number of nitrogens with one attached hydrogen (secondary N) is 1. The molecule has 2 saturated heterocycles. The predicted molar refractivity (Wildman–Crippen MR) is 122 cm³/mol. The monoisotopic (exact) mass is 458 g/mol. The summed E-state index contributed by atoms with van der Waals surface area (Å²) in [7, 11) is 0. The first-order valence-corrected chi connectivity index (χ1v) is 11.4. The average Bonchev–Trinajstić information content (AvgIpc) is 2.67. The SMILES string of the molecule is CC(C)(O)c1ccc(Oc2ccccc2N2CC(CC3CCNCC3)C2)c(Br)c1. The Bertz CT molecular complexity index is 837. The van der Waals surface area contributed by atoms with Gasteiger partial charge in [-0.15, -0.1) is 0 Å². The summed E-state index contributed by atoms with van der Waals surface area (Å²) in [6.07, 6.45) is 4.00. The van der Waals surface area contributed by atoms with Gasteiger partial charge in [0.25, 0.3) is 0 Å². The fourth-order valence-corrected chi connectivity index (χ4v) is 4.85. The van der Waals surface area contributed by atoms with Crippen LogP contribution in [0.25, 0.3) is 0 Å². The van der Waals surface area contributed by atoms with E-state index in [1.54, 1.807) is 13.8 Å². The molecular formula is C24H31BrN2O2. The normalized spacial score (nSPS) is 18.6. The van der Waals surface area contributed by atoms with E-state index >= 15 is 0 Å². The molecule has 0 spiro atoms. The second-order valence-corrected chi connectivity index (χ2v) is 9.83. The van der Waals surface area contributed by atoms with Crippen LogP contribution >= 0.6 is 15.9 Å². The van der Waals surface area contributed by atoms with Crippen LogP contribution in [0.1, 0.15) is 38.7 Å². The molecule has 2 aliphatic rings. The summed E-state index contributed by atoms with van der Waals surface area (Å²) in [4.78, 5) is 2.43. The minimum absolute atomic E-state index is 0.761. The summed E-state index contributed by atoms with van der Waals surface area (Å²) in [6, 6.07) is 14.0. The number of para-hydroxylation sites is 2. The van der Waals surface area contributed by atoms with Crippen LogP contribution in [0.2, 0.25) is 0 Å². The van der Waals surface area contributed by atoms with Gasteiger partial charge in [0.15, 0.2) is 5.75 Å². The van der Waals surface area contributed by atoms with Crippen LogP contribution in [0.15, 0.2) is 46.9 Å². The molecule has 2 fully saturated rings. The van der Waals surface area contributed by atoms with E-state index in [-0.39, 0.29) is 0 Å². The van der Waals surface area contributed by atoms with Crippen LogP contribution in [0.5, 0.6) is 11.5 Å². The minimum atomic E-state index is -0.875. The zero-order chi connectivity index (χ0) is 20.4. The minimum Gasteiger partial charge on any atom is -0.454 e. The lowest BCUT2D eigenvalue weighted by molar-refractivity contribution is 0.0785. The van der Waals surface area contributed by atoms with Crippen molar-refractivity contribution in [2.45, 2.75) is 38.7 Å². The first-order chi connectivity index (χ1) is 13.9. The third-order valence-corrected chi connectivity index (χ3v) is 6.77. The molecule has 0 radical (unpaired) electrons. The lowest BCUT2D eigenvalue weighted by Gasteiger charge is -2.43. The molecule has 0 amide bonds. The van der Waals surface area contributed by atoms with E-state index in [1.807, 2.05) is 30.3 Å². The van der Waals surface area contributed by atoms with Crippen molar-refractivity contribution >= 4 is 21.6 Å². The third-order valence-electron chi connectivity index (χ3n) is 6.15. The second kappa shape index (κ2) is 8.66. The van der Waals surface area contributed by atoms with Gasteiger partial charge in [0, 0.05) is 13.1 Å². The number of halogens is 1. The van der Waals surface area contributed by atoms with Gasteiger partial charge in [-0.1, -0.05) is 18.2 Å². The molecule has 4 rings (SSSR count). The van der Waals surface area contributed by atoms with Crippen LogP contribution in [0.4, 0.5) is 5.69 Å². The largest absolute Gasteiger partial charge is 0.454 e. The zero-order valence-corrected chi connectivity index (χ0v) is 18.9. The van der Waals surface area contributed by atoms with Crippen molar-refractivity contribution in [3.8, 4) is 11.5 Å². The first kappa shape index (κ1) is 20.7. The van der Waals surface area contributed by atoms with E-state index < -0.39 is 5.60 Å². The number of hydrogen-bond acceptors (Lipinski definition) is 4. The van der Waals surface area contributed by atoms with Crippen LogP contribution in [-0.2, 0) is 5.60 Å². The fourth-order valence-electron chi connectivity index (χ4n) is 4.39. The van der Waals surface area contributed by atoms with Crippen molar-refractivity contribution in [2.75, 3.05) is 31.1 Å². The highest BCUT2D eigenvalue weighted by molar-refractivity contribution is 9.10. The van der Waals surface area contributed by atoms with E-state index in [1.165, 1.54) is 32.4 Å². The summed E-state index contributed by atoms with van der Waals surface area (Å²) in [5.41, 5.74) is 1.14. The molecule has 4 nitrogen and oxygen atoms in total. The van der Waals surface area contributed by atoms with E-state index in [0.717, 1.165) is 52.1 Å². The Hall–Kier alpha value is -1.56. The van der Waals surface area contributed by atoms with Gasteiger partial charge in [0.1, 0.15) is 5.75 Å². The zero-order valence-electron chi connectivity index (χ0n) is 17.3. The van der Waals surface area contributed by atoms with E-state index in [4.69, 9.17) is 4.74 Å². The summed E-state index contributed by atoms with van der Waals surface area (Å²) in [5.74, 6) is 3.32. The van der Waals surface area contributed by atoms with Gasteiger partial charge >= 0.3 is 0 Å². The lowest BCUT2D eigenvalue weighted by atomic mass is 9.84. The average molecular weight is 459 g/mol. The third kappa shape index (κ3) is 4.96. The van der Waals surface area contributed by atoms with Crippen molar-refractivity contribution < 1.29 is 9.84 Å². The Morgan fingerprint density at radius 2 is 1.79 bits per heavy atom. The number of ether oxygens (including phenoxy) is 1. The Balaban J connectivity index is 1.42. The molecule has 0 unspecified atom stereocenters. The number of benzene rings is 2. The number of piperidine rings is 1. The molecular weight excluding hydrogens is 428 g/mol. The van der Waals surface area contributed by atoms with Gasteiger partial charge in [-0.25, -0.2) is 0 Å². The van der Waals surface area contributed by atoms with Gasteiger partial charge in [0.2, 0.25) is 0 Å². The number of rotatable bonds is 6. The fraction of sp³-hybridized carbons (Fsp3) is 0.500. The maximum atomic E-state index is 10.2. The molecule has 2 aromatic carbocycles. The summed E-state index contributed by atoms with van der Waals surface area (Å²) >= 11 is 3.60. The van der Waals surface area contributed by atoms with Crippen molar-refractivity contribution in [1.82, 2.24) is 5.32 Å². The lowest BCUT2D eigenvalue weighted by Crippen LogP contribution is -2.48. The van der Waals surface area contributed by atoms with E-state index in [2.05, 4.69) is 38.3 Å². The second-order valence-electron chi connectivity index (χ2n) is 8.97. The highest BCUT2D eigenvalue weighted by Gasteiger charge is 2.31. The molecule has 0 saturated carbocycles. The highest BCUT2D eigenvalue weighted by atomic mass is 79.9. The standard InChI is InChI=1S/C24H31BrN2O2/c1-24(2,28)19-7-8-22(20(25)14-19)29-23-6-4-3-5-21(23)27-15-18(16-27)13-17-9-11-26-12-10-17/h3-8,14,17-18,26,28H,9-13,15-16H2,1-2H3. The molecule has 2 aliphatic heterocycles. The van der Waals surface area contributed by atoms with Gasteiger partial charge in [0.05, 0.1) is 15.8 Å². The van der Waals surface area contributed by atoms with Gasteiger partial charge < -0.3 is 20.1 Å². The Morgan fingerprint density at radius 1 is 1.07 bits per heavy atom. The topological polar surface area (TPSA) is 44.7 Å². The van der Waals surface area contributed by atoms with Gasteiger partial charge in [-0.2, -0.15) is 0 Å². The summed E-state index contributed by atoms with van der Waals surface area (Å²) < 4.78 is 7.12. The van der Waals surface area contributed by atoms with E-state index in [0.29, 0.717) is 0 Å². The quantitative estimate of drug-likeness (QED) is 0.616. The Morgan fingerprint density at radius 3 is 2.48 bits per heavy atom. The van der Waals surface area contributed by atoms with Gasteiger partial charge in [-0.3, -0.25) is 0 Å². The molecule has 156 valence electrons. The Labute approximate surface area is 182 Å². The number of hydrogen-bond donors (Lipinski definition) is 2. The van der Waals surface area contributed by atoms with Crippen molar-refractivity contribution in [3.05, 3.63) is 52.5 Å². The molecule has 5 heteroatoms. The molecule has 2 heterocycles. The molecule has 0 bridgehead atoms. The summed E-state index contributed by atoms with van der Waals surface area (Å²) in [6.45, 7) is 8.16. The van der Waals surface area contributed by atoms with Gasteiger partial charge in [-0.05, 0) is 104 Å². The molecule has 2 aromatic rings. The smallest absolute Gasteiger partial charge is 0.150 e. The van der Waals surface area contributed by atoms with E-state index in [9.17, 15) is 5.11 Å². The number of aliphatic hydroxyl groups is 1. The highest BCUT2D eigenvalue weighted by Crippen LogP contribution is 2.40. The number of nitrogens with zero attached hydrogens (tertiary/aromatic N) is 1. The molecule has 29 heavy (non-hydrogen) atoms. The maximum Gasteiger partial charge on any atom is 0.150 e. The van der Waals surface area contributed by atoms with Crippen LogP contribution in [-0.4, -0.2) is 31.3 Å². The van der Waals surface area contributed by atoms with Crippen molar-refractivity contribution in [3.63, 3.8) is 0 Å². The maximum absolute atomic E-state index is 10.2. The molecule has 0 atom stereocenters. The van der Waals surface area contributed by atoms with Crippen molar-refractivity contribution in [1.29, 1.82) is 0 Å². The van der Waals surface area contributed by atoms with Crippen LogP contribution < -0.4 is 15.0 Å². The predicted octanol–water partition coefficient (Wildman–Crippen LogP) is 5.29. The molecule has 0 aliphatic carbocycles. The molecule has 2 N–H and O–H groups in total. The Kier molecular flexibility index (Phi) is 6.19. The van der Waals surface area contributed by atoms with Crippen LogP contribution in [0, 0.1) is 11.8 Å².